The van der Waals surface area contributed by atoms with Gasteiger partial charge in [0.15, 0.2) is 11.2 Å². The van der Waals surface area contributed by atoms with Gasteiger partial charge in [0.05, 0.1) is 10.6 Å². The van der Waals surface area contributed by atoms with Crippen LogP contribution in [0.1, 0.15) is 83.6 Å². The zero-order chi connectivity index (χ0) is 26.8. The van der Waals surface area contributed by atoms with E-state index in [0.717, 1.165) is 19.3 Å². The number of rotatable bonds is 15. The minimum Gasteiger partial charge on any atom is -0.303 e. The lowest BCUT2D eigenvalue weighted by Gasteiger charge is -2.09. The molecule has 1 aromatic carbocycles. The van der Waals surface area contributed by atoms with E-state index >= 15 is 0 Å². The molecule has 0 amide bonds. The summed E-state index contributed by atoms with van der Waals surface area (Å²) in [5.41, 5.74) is 3.54. The van der Waals surface area contributed by atoms with Crippen LogP contribution in [-0.4, -0.2) is 29.7 Å². The smallest absolute Gasteiger partial charge is 0.303 e. The van der Waals surface area contributed by atoms with Gasteiger partial charge in [0.2, 0.25) is 5.95 Å². The van der Waals surface area contributed by atoms with Crippen LogP contribution >= 0.6 is 0 Å². The number of nitrogens with one attached hydrogen (secondary N) is 2. The molecule has 0 radical (unpaired) electrons. The van der Waals surface area contributed by atoms with Gasteiger partial charge in [0.25, 0.3) is 11.2 Å². The van der Waals surface area contributed by atoms with E-state index in [1.807, 2.05) is 0 Å². The van der Waals surface area contributed by atoms with Gasteiger partial charge in [0.1, 0.15) is 0 Å². The number of H-pyrrole nitrogens is 1. The van der Waals surface area contributed by atoms with Gasteiger partial charge in [0, 0.05) is 31.3 Å². The number of hydrogen-bond donors (Lipinski definition) is 2. The normalized spacial score (nSPS) is 11.8. The zero-order valence-electron chi connectivity index (χ0n) is 22.0. The van der Waals surface area contributed by atoms with Crippen molar-refractivity contribution in [1.29, 1.82) is 0 Å². The number of nitro groups is 1. The lowest BCUT2D eigenvalue weighted by atomic mass is 10.1. The number of unbranched alkanes of at least 4 members (excludes halogenated alkanes) is 9. The summed E-state index contributed by atoms with van der Waals surface area (Å²) in [5, 5.41) is 15.5. The van der Waals surface area contributed by atoms with Gasteiger partial charge in [-0.1, -0.05) is 76.8 Å². The van der Waals surface area contributed by atoms with Gasteiger partial charge < -0.3 is 4.57 Å². The first-order valence-corrected chi connectivity index (χ1v) is 13.1. The van der Waals surface area contributed by atoms with Gasteiger partial charge in [-0.05, 0) is 13.3 Å². The van der Waals surface area contributed by atoms with E-state index in [1.165, 1.54) is 61.6 Å². The molecule has 2 aromatic heterocycles. The number of nitrogens with zero attached hydrogens (tertiary/aromatic N) is 5. The van der Waals surface area contributed by atoms with Gasteiger partial charge >= 0.3 is 5.69 Å². The standard InChI is InChI=1S/C26H37N7O4/c1-4-5-6-7-8-9-10-11-12-13-17-32-22-23(31(3)26(35)28-24(22)34)27-25(32)30-29-19(2)20-15-14-16-21(18-20)33(36)37/h14-16,18H,4-13,17H2,1-3H3,(H,27,30)(H,28,34,35)/b29-19+. The molecular formula is C26H37N7O4. The number of fused-ring (bicyclic) bond motifs is 1. The Hall–Kier alpha value is -3.76. The highest BCUT2D eigenvalue weighted by Gasteiger charge is 2.17. The predicted molar refractivity (Wildman–Crippen MR) is 146 cm³/mol. The summed E-state index contributed by atoms with van der Waals surface area (Å²) < 4.78 is 3.05. The number of benzene rings is 1. The molecule has 3 rings (SSSR count). The van der Waals surface area contributed by atoms with Crippen LogP contribution in [0.3, 0.4) is 0 Å². The van der Waals surface area contributed by atoms with Crippen LogP contribution in [0.15, 0.2) is 39.0 Å². The molecule has 37 heavy (non-hydrogen) atoms. The SMILES string of the molecule is CCCCCCCCCCCCn1c(N/N=C(\C)c2cccc([N+](=O)[O-])c2)nc2c1c(=O)[nH]c(=O)n2C. The lowest BCUT2D eigenvalue weighted by Crippen LogP contribution is -2.29. The molecule has 0 unspecified atom stereocenters. The van der Waals surface area contributed by atoms with Crippen molar-refractivity contribution in [3.05, 3.63) is 60.8 Å². The first-order chi connectivity index (χ1) is 17.8. The van der Waals surface area contributed by atoms with Gasteiger partial charge in [-0.25, -0.2) is 10.2 Å². The van der Waals surface area contributed by atoms with Crippen molar-refractivity contribution in [1.82, 2.24) is 19.1 Å². The largest absolute Gasteiger partial charge is 0.329 e. The number of aromatic nitrogens is 4. The highest BCUT2D eigenvalue weighted by molar-refractivity contribution is 5.99. The van der Waals surface area contributed by atoms with Gasteiger partial charge in [-0.15, -0.1) is 0 Å². The summed E-state index contributed by atoms with van der Waals surface area (Å²) in [6.07, 6.45) is 11.9. The van der Waals surface area contributed by atoms with E-state index in [1.54, 1.807) is 30.7 Å². The molecule has 2 heterocycles. The molecule has 11 heteroatoms. The van der Waals surface area contributed by atoms with Crippen LogP contribution in [-0.2, 0) is 13.6 Å². The average Bonchev–Trinajstić information content (AvgIpc) is 3.26. The molecule has 200 valence electrons. The van der Waals surface area contributed by atoms with E-state index < -0.39 is 16.2 Å². The highest BCUT2D eigenvalue weighted by atomic mass is 16.6. The monoisotopic (exact) mass is 511 g/mol. The van der Waals surface area contributed by atoms with E-state index in [2.05, 4.69) is 27.4 Å². The Morgan fingerprint density at radius 1 is 1.08 bits per heavy atom. The topological polar surface area (TPSA) is 140 Å². The summed E-state index contributed by atoms with van der Waals surface area (Å²) >= 11 is 0. The second-order valence-electron chi connectivity index (χ2n) is 9.38. The zero-order valence-corrected chi connectivity index (χ0v) is 22.0. The molecule has 0 spiro atoms. The highest BCUT2D eigenvalue weighted by Crippen LogP contribution is 2.19. The second kappa shape index (κ2) is 13.5. The Morgan fingerprint density at radius 2 is 1.73 bits per heavy atom. The third kappa shape index (κ3) is 7.37. The maximum atomic E-state index is 12.7. The third-order valence-corrected chi connectivity index (χ3v) is 6.54. The molecule has 0 aliphatic carbocycles. The van der Waals surface area contributed by atoms with E-state index in [-0.39, 0.29) is 11.3 Å². The fraction of sp³-hybridized carbons (Fsp3) is 0.538. The van der Waals surface area contributed by atoms with Crippen molar-refractivity contribution in [2.45, 2.75) is 84.6 Å². The number of imidazole rings is 1. The van der Waals surface area contributed by atoms with Crippen LogP contribution in [0.4, 0.5) is 11.6 Å². The molecule has 0 bridgehead atoms. The second-order valence-corrected chi connectivity index (χ2v) is 9.38. The molecule has 3 aromatic rings. The minimum atomic E-state index is -0.538. The van der Waals surface area contributed by atoms with Crippen LogP contribution in [0.25, 0.3) is 11.2 Å². The lowest BCUT2D eigenvalue weighted by molar-refractivity contribution is -0.384. The van der Waals surface area contributed by atoms with Gasteiger partial charge in [-0.3, -0.25) is 24.5 Å². The Kier molecular flexibility index (Phi) is 10.2. The summed E-state index contributed by atoms with van der Waals surface area (Å²) in [6.45, 7) is 4.49. The number of hydrogen-bond acceptors (Lipinski definition) is 7. The Morgan fingerprint density at radius 3 is 2.38 bits per heavy atom. The fourth-order valence-corrected chi connectivity index (χ4v) is 4.34. The molecular weight excluding hydrogens is 474 g/mol. The van der Waals surface area contributed by atoms with Crippen molar-refractivity contribution in [2.24, 2.45) is 12.1 Å². The number of anilines is 1. The van der Waals surface area contributed by atoms with Crippen molar-refractivity contribution in [3.63, 3.8) is 0 Å². The summed E-state index contributed by atoms with van der Waals surface area (Å²) in [4.78, 5) is 42.3. The maximum absolute atomic E-state index is 12.7. The first kappa shape index (κ1) is 27.8. The molecule has 0 saturated carbocycles. The summed E-state index contributed by atoms with van der Waals surface area (Å²) in [6, 6.07) is 6.20. The quantitative estimate of drug-likeness (QED) is 0.126. The Bertz CT molecular complexity index is 1350. The molecule has 0 saturated heterocycles. The predicted octanol–water partition coefficient (Wildman–Crippen LogP) is 5.09. The summed E-state index contributed by atoms with van der Waals surface area (Å²) in [5.74, 6) is 0.336. The minimum absolute atomic E-state index is 0.0261. The number of aromatic amines is 1. The third-order valence-electron chi connectivity index (χ3n) is 6.54. The van der Waals surface area contributed by atoms with E-state index in [0.29, 0.717) is 29.3 Å². The summed E-state index contributed by atoms with van der Waals surface area (Å²) in [7, 11) is 1.56. The molecule has 0 atom stereocenters. The number of nitro benzene ring substituents is 1. The number of non-ortho nitro benzene ring substituents is 1. The number of aryl methyl sites for hydroxylation is 2. The van der Waals surface area contributed by atoms with Crippen LogP contribution in [0.2, 0.25) is 0 Å². The van der Waals surface area contributed by atoms with Crippen LogP contribution in [0.5, 0.6) is 0 Å². The molecule has 0 aliphatic heterocycles. The van der Waals surface area contributed by atoms with Crippen molar-refractivity contribution in [3.8, 4) is 0 Å². The van der Waals surface area contributed by atoms with Crippen molar-refractivity contribution >= 4 is 28.5 Å². The first-order valence-electron chi connectivity index (χ1n) is 13.1. The van der Waals surface area contributed by atoms with E-state index in [9.17, 15) is 19.7 Å². The number of hydrazone groups is 1. The average molecular weight is 512 g/mol. The van der Waals surface area contributed by atoms with E-state index in [4.69, 9.17) is 0 Å². The van der Waals surface area contributed by atoms with Crippen molar-refractivity contribution in [2.75, 3.05) is 5.43 Å². The maximum Gasteiger partial charge on any atom is 0.329 e. The molecule has 0 fully saturated rings. The fourth-order valence-electron chi connectivity index (χ4n) is 4.34. The molecule has 11 nitrogen and oxygen atoms in total. The molecule has 0 aliphatic rings. The van der Waals surface area contributed by atoms with Crippen LogP contribution < -0.4 is 16.7 Å². The van der Waals surface area contributed by atoms with Crippen molar-refractivity contribution < 1.29 is 4.92 Å². The Labute approximate surface area is 215 Å². The molecule has 2 N–H and O–H groups in total. The van der Waals surface area contributed by atoms with Gasteiger partial charge in [-0.2, -0.15) is 10.1 Å². The Balaban J connectivity index is 1.73. The van der Waals surface area contributed by atoms with Crippen LogP contribution in [0, 0.1) is 10.1 Å².